The molecule has 4 heteroatoms. The number of aromatic nitrogens is 1. The van der Waals surface area contributed by atoms with Gasteiger partial charge in [0.05, 0.1) is 5.69 Å². The number of carboxylic acids is 1. The van der Waals surface area contributed by atoms with E-state index < -0.39 is 5.97 Å². The Morgan fingerprint density at radius 1 is 1.35 bits per heavy atom. The molecule has 2 aromatic rings. The topological polar surface area (TPSA) is 63.3 Å². The maximum atomic E-state index is 11.3. The molecule has 0 radical (unpaired) electrons. The van der Waals surface area contributed by atoms with Crippen molar-refractivity contribution >= 4 is 5.97 Å². The van der Waals surface area contributed by atoms with Crippen LogP contribution < -0.4 is 0 Å². The zero-order chi connectivity index (χ0) is 14.9. The Kier molecular flexibility index (Phi) is 3.93. The summed E-state index contributed by atoms with van der Waals surface area (Å²) in [5.41, 5.74) is 3.54. The summed E-state index contributed by atoms with van der Waals surface area (Å²) in [6, 6.07) is 5.92. The second-order valence-corrected chi connectivity index (χ2v) is 5.52. The smallest absolute Gasteiger partial charge is 0.373 e. The molecule has 1 N–H and O–H groups in total. The Morgan fingerprint density at radius 2 is 2.05 bits per heavy atom. The highest BCUT2D eigenvalue weighted by Crippen LogP contribution is 2.27. The highest BCUT2D eigenvalue weighted by Gasteiger charge is 2.21. The molecule has 0 bridgehead atoms. The lowest BCUT2D eigenvalue weighted by molar-refractivity contribution is 0.0661. The molecule has 20 heavy (non-hydrogen) atoms. The van der Waals surface area contributed by atoms with Crippen LogP contribution in [0, 0.1) is 19.8 Å². The van der Waals surface area contributed by atoms with Gasteiger partial charge in [-0.15, -0.1) is 0 Å². The van der Waals surface area contributed by atoms with E-state index >= 15 is 0 Å². The minimum atomic E-state index is -1.07. The largest absolute Gasteiger partial charge is 0.475 e. The van der Waals surface area contributed by atoms with Gasteiger partial charge >= 0.3 is 5.97 Å². The summed E-state index contributed by atoms with van der Waals surface area (Å²) in [4.78, 5) is 15.6. The lowest BCUT2D eigenvalue weighted by Crippen LogP contribution is -2.03. The van der Waals surface area contributed by atoms with Crippen molar-refractivity contribution in [1.82, 2.24) is 4.98 Å². The van der Waals surface area contributed by atoms with Gasteiger partial charge in [0.1, 0.15) is 0 Å². The summed E-state index contributed by atoms with van der Waals surface area (Å²) in [6.07, 6.45) is 0.593. The molecule has 0 unspecified atom stereocenters. The number of rotatable bonds is 4. The van der Waals surface area contributed by atoms with Crippen molar-refractivity contribution in [3.63, 3.8) is 0 Å². The summed E-state index contributed by atoms with van der Waals surface area (Å²) in [7, 11) is 0. The number of aromatic carboxylic acids is 1. The van der Waals surface area contributed by atoms with E-state index in [2.05, 4.69) is 4.98 Å². The van der Waals surface area contributed by atoms with Gasteiger partial charge in [-0.1, -0.05) is 31.5 Å². The molecule has 0 amide bonds. The Labute approximate surface area is 118 Å². The van der Waals surface area contributed by atoms with Crippen molar-refractivity contribution < 1.29 is 14.3 Å². The predicted molar refractivity (Wildman–Crippen MR) is 76.9 cm³/mol. The molecular formula is C16H19NO3. The summed E-state index contributed by atoms with van der Waals surface area (Å²) in [5.74, 6) is -0.404. The van der Waals surface area contributed by atoms with E-state index in [4.69, 9.17) is 4.42 Å². The van der Waals surface area contributed by atoms with Gasteiger partial charge in [-0.05, 0) is 37.8 Å². The SMILES string of the molecule is Cc1ccc(-c2nc(CC(C)C)c(C(=O)O)o2)c(C)c1. The van der Waals surface area contributed by atoms with Crippen LogP contribution in [0.25, 0.3) is 11.5 Å². The lowest BCUT2D eigenvalue weighted by atomic mass is 10.1. The van der Waals surface area contributed by atoms with Crippen molar-refractivity contribution in [1.29, 1.82) is 0 Å². The second kappa shape index (κ2) is 5.49. The molecule has 106 valence electrons. The van der Waals surface area contributed by atoms with E-state index in [1.54, 1.807) is 0 Å². The molecule has 1 aromatic heterocycles. The van der Waals surface area contributed by atoms with E-state index in [1.165, 1.54) is 0 Å². The number of nitrogens with zero attached hydrogens (tertiary/aromatic N) is 1. The third-order valence-corrected chi connectivity index (χ3v) is 3.11. The molecule has 0 aliphatic heterocycles. The third-order valence-electron chi connectivity index (χ3n) is 3.11. The number of carbonyl (C=O) groups is 1. The van der Waals surface area contributed by atoms with Crippen LogP contribution in [0.1, 0.15) is 41.2 Å². The number of oxazole rings is 1. The van der Waals surface area contributed by atoms with Gasteiger partial charge in [0.15, 0.2) is 0 Å². The van der Waals surface area contributed by atoms with Gasteiger partial charge in [0.25, 0.3) is 0 Å². The van der Waals surface area contributed by atoms with E-state index in [9.17, 15) is 9.90 Å². The van der Waals surface area contributed by atoms with Crippen molar-refractivity contribution in [3.05, 3.63) is 40.8 Å². The normalized spacial score (nSPS) is 11.1. The molecule has 0 aliphatic carbocycles. The molecule has 0 saturated carbocycles. The third kappa shape index (κ3) is 2.90. The average molecular weight is 273 g/mol. The molecule has 2 rings (SSSR count). The van der Waals surface area contributed by atoms with E-state index in [1.807, 2.05) is 45.9 Å². The molecule has 1 heterocycles. The molecule has 1 aromatic carbocycles. The summed E-state index contributed by atoms with van der Waals surface area (Å²) < 4.78 is 5.47. The Morgan fingerprint density at radius 3 is 2.60 bits per heavy atom. The van der Waals surface area contributed by atoms with Crippen molar-refractivity contribution in [3.8, 4) is 11.5 Å². The first kappa shape index (κ1) is 14.3. The van der Waals surface area contributed by atoms with Crippen LogP contribution in [0.2, 0.25) is 0 Å². The fraction of sp³-hybridized carbons (Fsp3) is 0.375. The minimum Gasteiger partial charge on any atom is -0.475 e. The van der Waals surface area contributed by atoms with Crippen molar-refractivity contribution in [2.75, 3.05) is 0 Å². The molecule has 0 atom stereocenters. The molecule has 0 fully saturated rings. The van der Waals surface area contributed by atoms with Crippen LogP contribution in [-0.2, 0) is 6.42 Å². The van der Waals surface area contributed by atoms with Crippen LogP contribution in [-0.4, -0.2) is 16.1 Å². The fourth-order valence-electron chi connectivity index (χ4n) is 2.21. The second-order valence-electron chi connectivity index (χ2n) is 5.52. The molecule has 0 aliphatic rings. The number of aryl methyl sites for hydroxylation is 2. The molecule has 0 saturated heterocycles. The number of carboxylic acid groups (broad SMARTS) is 1. The van der Waals surface area contributed by atoms with Gasteiger partial charge in [-0.2, -0.15) is 0 Å². The van der Waals surface area contributed by atoms with Gasteiger partial charge in [-0.25, -0.2) is 9.78 Å². The first-order chi connectivity index (χ1) is 9.38. The Hall–Kier alpha value is -2.10. The first-order valence-electron chi connectivity index (χ1n) is 6.69. The van der Waals surface area contributed by atoms with Crippen LogP contribution in [0.5, 0.6) is 0 Å². The Bertz CT molecular complexity index is 641. The molecule has 0 spiro atoms. The van der Waals surface area contributed by atoms with Crippen LogP contribution in [0.3, 0.4) is 0 Å². The van der Waals surface area contributed by atoms with Crippen LogP contribution >= 0.6 is 0 Å². The van der Waals surface area contributed by atoms with E-state index in [0.29, 0.717) is 23.9 Å². The van der Waals surface area contributed by atoms with Crippen LogP contribution in [0.15, 0.2) is 22.6 Å². The quantitative estimate of drug-likeness (QED) is 0.918. The predicted octanol–water partition coefficient (Wildman–Crippen LogP) is 3.86. The van der Waals surface area contributed by atoms with E-state index in [0.717, 1.165) is 16.7 Å². The minimum absolute atomic E-state index is 0.0475. The first-order valence-corrected chi connectivity index (χ1v) is 6.69. The maximum absolute atomic E-state index is 11.3. The molecule has 4 nitrogen and oxygen atoms in total. The van der Waals surface area contributed by atoms with Crippen molar-refractivity contribution in [2.24, 2.45) is 5.92 Å². The Balaban J connectivity index is 2.49. The van der Waals surface area contributed by atoms with Crippen LogP contribution in [0.4, 0.5) is 0 Å². The van der Waals surface area contributed by atoms with Gasteiger partial charge < -0.3 is 9.52 Å². The summed E-state index contributed by atoms with van der Waals surface area (Å²) >= 11 is 0. The van der Waals surface area contributed by atoms with Gasteiger partial charge in [0.2, 0.25) is 11.7 Å². The standard InChI is InChI=1S/C16H19NO3/c1-9(2)7-13-14(16(18)19)20-15(17-13)12-6-5-10(3)8-11(12)4/h5-6,8-9H,7H2,1-4H3,(H,18,19). The fourth-order valence-corrected chi connectivity index (χ4v) is 2.21. The monoisotopic (exact) mass is 273 g/mol. The van der Waals surface area contributed by atoms with E-state index in [-0.39, 0.29) is 5.76 Å². The zero-order valence-corrected chi connectivity index (χ0v) is 12.2. The summed E-state index contributed by atoms with van der Waals surface area (Å²) in [6.45, 7) is 8.03. The number of benzene rings is 1. The lowest BCUT2D eigenvalue weighted by Gasteiger charge is -2.02. The average Bonchev–Trinajstić information content (AvgIpc) is 2.71. The van der Waals surface area contributed by atoms with Gasteiger partial charge in [-0.3, -0.25) is 0 Å². The number of hydrogen-bond donors (Lipinski definition) is 1. The van der Waals surface area contributed by atoms with Crippen molar-refractivity contribution in [2.45, 2.75) is 34.1 Å². The maximum Gasteiger partial charge on any atom is 0.373 e. The number of hydrogen-bond acceptors (Lipinski definition) is 3. The van der Waals surface area contributed by atoms with Gasteiger partial charge in [0, 0.05) is 5.56 Å². The zero-order valence-electron chi connectivity index (χ0n) is 12.2. The molecular weight excluding hydrogens is 254 g/mol. The highest BCUT2D eigenvalue weighted by molar-refractivity contribution is 5.86. The summed E-state index contributed by atoms with van der Waals surface area (Å²) in [5, 5.41) is 9.22. The highest BCUT2D eigenvalue weighted by atomic mass is 16.4.